The lowest BCUT2D eigenvalue weighted by molar-refractivity contribution is 0.0752. The van der Waals surface area contributed by atoms with Crippen molar-refractivity contribution in [2.45, 2.75) is 37.1 Å². The largest absolute Gasteiger partial charge is 0.377 e. The third-order valence-corrected chi connectivity index (χ3v) is 5.63. The van der Waals surface area contributed by atoms with Gasteiger partial charge in [-0.3, -0.25) is 0 Å². The molecular weight excluding hydrogens is 317 g/mol. The van der Waals surface area contributed by atoms with Gasteiger partial charge in [-0.25, -0.2) is 12.8 Å². The van der Waals surface area contributed by atoms with E-state index in [2.05, 4.69) is 0 Å². The third kappa shape index (κ3) is 3.56. The number of ether oxygens (including phenoxy) is 1. The number of alkyl halides is 1. The fraction of sp³-hybridized carbons (Fsp3) is 0.571. The van der Waals surface area contributed by atoms with Crippen molar-refractivity contribution in [1.29, 1.82) is 0 Å². The summed E-state index contributed by atoms with van der Waals surface area (Å²) in [6.07, 6.45) is 0.489. The lowest BCUT2D eigenvalue weighted by atomic mass is 10.1. The molecule has 1 aliphatic heterocycles. The highest BCUT2D eigenvalue weighted by molar-refractivity contribution is 7.89. The molecule has 0 bridgehead atoms. The zero-order valence-corrected chi connectivity index (χ0v) is 13.7. The molecule has 0 saturated carbocycles. The van der Waals surface area contributed by atoms with Crippen LogP contribution in [0.2, 0.25) is 0 Å². The highest BCUT2D eigenvalue weighted by Crippen LogP contribution is 2.24. The quantitative estimate of drug-likeness (QED) is 0.798. The molecule has 1 heterocycles. The summed E-state index contributed by atoms with van der Waals surface area (Å²) in [5, 5.41) is 0. The summed E-state index contributed by atoms with van der Waals surface area (Å²) in [6.45, 7) is 4.63. The van der Waals surface area contributed by atoms with E-state index < -0.39 is 15.8 Å². The van der Waals surface area contributed by atoms with E-state index in [0.717, 1.165) is 0 Å². The van der Waals surface area contributed by atoms with Crippen LogP contribution in [0.1, 0.15) is 24.5 Å². The minimum Gasteiger partial charge on any atom is -0.377 e. The lowest BCUT2D eigenvalue weighted by Crippen LogP contribution is -2.36. The van der Waals surface area contributed by atoms with Crippen molar-refractivity contribution in [3.63, 3.8) is 0 Å². The standard InChI is InChI=1S/C14H19ClFNO3S/c1-10-6-13(7-12(8-15)14(10)16)21(18,19)17-4-3-5-20-11(2)9-17/h6-7,11H,3-5,8-9H2,1-2H3. The van der Waals surface area contributed by atoms with Crippen LogP contribution >= 0.6 is 11.6 Å². The Bertz CT molecular complexity index is 621. The first-order chi connectivity index (χ1) is 9.86. The second kappa shape index (κ2) is 6.60. The maximum absolute atomic E-state index is 13.8. The average molecular weight is 336 g/mol. The number of rotatable bonds is 3. The monoisotopic (exact) mass is 335 g/mol. The molecule has 1 fully saturated rings. The normalized spacial score (nSPS) is 21.2. The van der Waals surface area contributed by atoms with Crippen molar-refractivity contribution in [3.05, 3.63) is 29.1 Å². The van der Waals surface area contributed by atoms with Crippen molar-refractivity contribution in [1.82, 2.24) is 4.31 Å². The van der Waals surface area contributed by atoms with Gasteiger partial charge in [0.15, 0.2) is 0 Å². The molecule has 1 unspecified atom stereocenters. The molecule has 1 saturated heterocycles. The number of benzene rings is 1. The first-order valence-corrected chi connectivity index (χ1v) is 8.80. The van der Waals surface area contributed by atoms with E-state index in [9.17, 15) is 12.8 Å². The van der Waals surface area contributed by atoms with E-state index in [-0.39, 0.29) is 28.0 Å². The summed E-state index contributed by atoms with van der Waals surface area (Å²) in [5.74, 6) is -0.508. The summed E-state index contributed by atoms with van der Waals surface area (Å²) in [6, 6.07) is 2.68. The molecule has 1 aromatic rings. The maximum atomic E-state index is 13.8. The van der Waals surface area contributed by atoms with Crippen LogP contribution < -0.4 is 0 Å². The summed E-state index contributed by atoms with van der Waals surface area (Å²) < 4.78 is 46.1. The van der Waals surface area contributed by atoms with Gasteiger partial charge < -0.3 is 4.74 Å². The molecule has 1 aliphatic rings. The summed E-state index contributed by atoms with van der Waals surface area (Å²) in [5.41, 5.74) is 0.486. The molecule has 2 rings (SSSR count). The number of aryl methyl sites for hydroxylation is 1. The number of halogens is 2. The molecule has 0 aliphatic carbocycles. The molecular formula is C14H19ClFNO3S. The molecule has 0 radical (unpaired) electrons. The van der Waals surface area contributed by atoms with Crippen molar-refractivity contribution < 1.29 is 17.5 Å². The van der Waals surface area contributed by atoms with Gasteiger partial charge in [0.25, 0.3) is 0 Å². The Labute approximate surface area is 129 Å². The molecule has 0 spiro atoms. The van der Waals surface area contributed by atoms with Crippen LogP contribution in [0.5, 0.6) is 0 Å². The van der Waals surface area contributed by atoms with Crippen molar-refractivity contribution in [3.8, 4) is 0 Å². The van der Waals surface area contributed by atoms with Crippen LogP contribution in [0.25, 0.3) is 0 Å². The van der Waals surface area contributed by atoms with E-state index in [4.69, 9.17) is 16.3 Å². The minimum atomic E-state index is -3.66. The Morgan fingerprint density at radius 2 is 2.19 bits per heavy atom. The average Bonchev–Trinajstić information content (AvgIpc) is 2.66. The zero-order chi connectivity index (χ0) is 15.6. The number of hydrogen-bond acceptors (Lipinski definition) is 3. The van der Waals surface area contributed by atoms with Crippen LogP contribution in [-0.2, 0) is 20.6 Å². The van der Waals surface area contributed by atoms with Gasteiger partial charge in [0.05, 0.1) is 16.9 Å². The second-order valence-corrected chi connectivity index (χ2v) is 7.45. The van der Waals surface area contributed by atoms with Gasteiger partial charge >= 0.3 is 0 Å². The number of nitrogens with zero attached hydrogens (tertiary/aromatic N) is 1. The van der Waals surface area contributed by atoms with Gasteiger partial charge in [-0.2, -0.15) is 4.31 Å². The summed E-state index contributed by atoms with van der Waals surface area (Å²) >= 11 is 5.69. The van der Waals surface area contributed by atoms with Crippen LogP contribution in [0.3, 0.4) is 0 Å². The lowest BCUT2D eigenvalue weighted by Gasteiger charge is -2.22. The van der Waals surface area contributed by atoms with Crippen LogP contribution in [-0.4, -0.2) is 38.5 Å². The molecule has 1 atom stereocenters. The first-order valence-electron chi connectivity index (χ1n) is 6.83. The summed E-state index contributed by atoms with van der Waals surface area (Å²) in [4.78, 5) is 0.0890. The van der Waals surface area contributed by atoms with Crippen molar-refractivity contribution in [2.24, 2.45) is 0 Å². The Kier molecular flexibility index (Phi) is 5.24. The van der Waals surface area contributed by atoms with Crippen molar-refractivity contribution >= 4 is 21.6 Å². The van der Waals surface area contributed by atoms with E-state index >= 15 is 0 Å². The predicted molar refractivity (Wildman–Crippen MR) is 79.5 cm³/mol. The van der Waals surface area contributed by atoms with Gasteiger partial charge in [-0.15, -0.1) is 11.6 Å². The Hall–Kier alpha value is -0.690. The SMILES string of the molecule is Cc1cc(S(=O)(=O)N2CCCOC(C)C2)cc(CCl)c1F. The maximum Gasteiger partial charge on any atom is 0.243 e. The third-order valence-electron chi connectivity index (χ3n) is 3.50. The van der Waals surface area contributed by atoms with E-state index in [1.165, 1.54) is 16.4 Å². The molecule has 4 nitrogen and oxygen atoms in total. The summed E-state index contributed by atoms with van der Waals surface area (Å²) in [7, 11) is -3.66. The number of hydrogen-bond donors (Lipinski definition) is 0. The van der Waals surface area contributed by atoms with E-state index in [1.807, 2.05) is 6.92 Å². The van der Waals surface area contributed by atoms with Crippen LogP contribution in [0, 0.1) is 12.7 Å². The Morgan fingerprint density at radius 3 is 2.86 bits per heavy atom. The van der Waals surface area contributed by atoms with Gasteiger partial charge in [-0.05, 0) is 38.0 Å². The van der Waals surface area contributed by atoms with Crippen LogP contribution in [0.4, 0.5) is 4.39 Å². The highest BCUT2D eigenvalue weighted by atomic mass is 35.5. The molecule has 21 heavy (non-hydrogen) atoms. The molecule has 118 valence electrons. The second-order valence-electron chi connectivity index (χ2n) is 5.24. The zero-order valence-electron chi connectivity index (χ0n) is 12.1. The first kappa shape index (κ1) is 16.7. The highest BCUT2D eigenvalue weighted by Gasteiger charge is 2.28. The Morgan fingerprint density at radius 1 is 1.48 bits per heavy atom. The minimum absolute atomic E-state index is 0.0600. The topological polar surface area (TPSA) is 46.6 Å². The van der Waals surface area contributed by atoms with Gasteiger partial charge in [-0.1, -0.05) is 0 Å². The van der Waals surface area contributed by atoms with E-state index in [1.54, 1.807) is 6.92 Å². The fourth-order valence-corrected chi connectivity index (χ4v) is 4.26. The molecule has 0 amide bonds. The number of sulfonamides is 1. The van der Waals surface area contributed by atoms with Gasteiger partial charge in [0.2, 0.25) is 10.0 Å². The van der Waals surface area contributed by atoms with Crippen LogP contribution in [0.15, 0.2) is 17.0 Å². The molecule has 0 N–H and O–H groups in total. The molecule has 7 heteroatoms. The molecule has 1 aromatic carbocycles. The van der Waals surface area contributed by atoms with Crippen molar-refractivity contribution in [2.75, 3.05) is 19.7 Å². The fourth-order valence-electron chi connectivity index (χ4n) is 2.38. The predicted octanol–water partition coefficient (Wildman–Crippen LogP) is 2.67. The molecule has 0 aromatic heterocycles. The van der Waals surface area contributed by atoms with Gasteiger partial charge in [0.1, 0.15) is 5.82 Å². The van der Waals surface area contributed by atoms with E-state index in [0.29, 0.717) is 26.1 Å². The Balaban J connectivity index is 2.41. The van der Waals surface area contributed by atoms with Gasteiger partial charge in [0, 0.05) is 25.3 Å². The smallest absolute Gasteiger partial charge is 0.243 e.